The van der Waals surface area contributed by atoms with Gasteiger partial charge in [0, 0.05) is 37.8 Å². The Kier molecular flexibility index (Phi) is 5.23. The summed E-state index contributed by atoms with van der Waals surface area (Å²) >= 11 is 0. The number of rotatable bonds is 3. The SMILES string of the molecule is O=C(C1CCCN(Cc2ccc(F)cc2F)C1)N1CCOCC1. The van der Waals surface area contributed by atoms with Crippen molar-refractivity contribution in [1.29, 1.82) is 0 Å². The minimum absolute atomic E-state index is 0.0367. The molecule has 3 rings (SSSR count). The molecule has 4 nitrogen and oxygen atoms in total. The third-order valence-electron chi connectivity index (χ3n) is 4.59. The summed E-state index contributed by atoms with van der Waals surface area (Å²) in [6, 6.07) is 3.67. The first-order valence-electron chi connectivity index (χ1n) is 8.16. The van der Waals surface area contributed by atoms with Gasteiger partial charge in [-0.15, -0.1) is 0 Å². The highest BCUT2D eigenvalue weighted by Gasteiger charge is 2.30. The molecule has 0 radical (unpaired) electrons. The molecule has 0 N–H and O–H groups in total. The van der Waals surface area contributed by atoms with Gasteiger partial charge in [-0.1, -0.05) is 6.07 Å². The largest absolute Gasteiger partial charge is 0.378 e. The summed E-state index contributed by atoms with van der Waals surface area (Å²) in [5.74, 6) is -0.945. The minimum atomic E-state index is -0.565. The predicted molar refractivity (Wildman–Crippen MR) is 81.8 cm³/mol. The molecule has 0 spiro atoms. The van der Waals surface area contributed by atoms with E-state index in [0.717, 1.165) is 25.5 Å². The summed E-state index contributed by atoms with van der Waals surface area (Å²) in [6.45, 7) is 4.39. The van der Waals surface area contributed by atoms with Crippen molar-refractivity contribution >= 4 is 5.91 Å². The molecule has 1 aromatic rings. The molecule has 1 unspecified atom stereocenters. The number of nitrogens with zero attached hydrogens (tertiary/aromatic N) is 2. The fourth-order valence-electron chi connectivity index (χ4n) is 3.33. The standard InChI is InChI=1S/C17H22F2N2O2/c18-15-4-3-13(16(19)10-15)11-20-5-1-2-14(12-20)17(22)21-6-8-23-9-7-21/h3-4,10,14H,1-2,5-9,11-12H2. The zero-order chi connectivity index (χ0) is 16.2. The maximum atomic E-state index is 13.8. The lowest BCUT2D eigenvalue weighted by Crippen LogP contribution is -2.48. The van der Waals surface area contributed by atoms with Gasteiger partial charge in [0.2, 0.25) is 5.91 Å². The Bertz CT molecular complexity index is 562. The van der Waals surface area contributed by atoms with E-state index < -0.39 is 11.6 Å². The molecule has 0 saturated carbocycles. The average molecular weight is 324 g/mol. The maximum absolute atomic E-state index is 13.8. The van der Waals surface area contributed by atoms with Crippen LogP contribution in [0.5, 0.6) is 0 Å². The van der Waals surface area contributed by atoms with Crippen LogP contribution in [0, 0.1) is 17.6 Å². The van der Waals surface area contributed by atoms with Gasteiger partial charge in [0.25, 0.3) is 0 Å². The summed E-state index contributed by atoms with van der Waals surface area (Å²) in [6.07, 6.45) is 1.79. The Morgan fingerprint density at radius 2 is 2.00 bits per heavy atom. The molecule has 1 aromatic carbocycles. The molecule has 2 saturated heterocycles. The van der Waals surface area contributed by atoms with Crippen molar-refractivity contribution in [2.75, 3.05) is 39.4 Å². The number of likely N-dealkylation sites (tertiary alicyclic amines) is 1. The molecular formula is C17H22F2N2O2. The summed E-state index contributed by atoms with van der Waals surface area (Å²) < 4.78 is 32.1. The van der Waals surface area contributed by atoms with Crippen molar-refractivity contribution in [2.45, 2.75) is 19.4 Å². The Morgan fingerprint density at radius 3 is 2.74 bits per heavy atom. The van der Waals surface area contributed by atoms with E-state index in [1.54, 1.807) is 0 Å². The number of amides is 1. The summed E-state index contributed by atoms with van der Waals surface area (Å²) in [5, 5.41) is 0. The van der Waals surface area contributed by atoms with Crippen LogP contribution in [0.3, 0.4) is 0 Å². The predicted octanol–water partition coefficient (Wildman–Crippen LogP) is 2.04. The van der Waals surface area contributed by atoms with E-state index in [9.17, 15) is 13.6 Å². The number of halogens is 2. The molecule has 6 heteroatoms. The van der Waals surface area contributed by atoms with Gasteiger partial charge in [-0.3, -0.25) is 9.69 Å². The summed E-state index contributed by atoms with van der Waals surface area (Å²) in [5.41, 5.74) is 0.478. The Hall–Kier alpha value is -1.53. The highest BCUT2D eigenvalue weighted by atomic mass is 19.1. The first-order chi connectivity index (χ1) is 11.1. The zero-order valence-electron chi connectivity index (χ0n) is 13.1. The van der Waals surface area contributed by atoms with E-state index in [1.165, 1.54) is 12.1 Å². The second-order valence-electron chi connectivity index (χ2n) is 6.25. The Balaban J connectivity index is 1.60. The molecule has 0 aliphatic carbocycles. The van der Waals surface area contributed by atoms with Crippen LogP contribution in [0.25, 0.3) is 0 Å². The zero-order valence-corrected chi connectivity index (χ0v) is 13.1. The number of benzene rings is 1. The molecule has 2 heterocycles. The van der Waals surface area contributed by atoms with Crippen LogP contribution in [-0.2, 0) is 16.1 Å². The number of morpholine rings is 1. The normalized spacial score (nSPS) is 23.0. The van der Waals surface area contributed by atoms with Gasteiger partial charge in [0.05, 0.1) is 19.1 Å². The monoisotopic (exact) mass is 324 g/mol. The van der Waals surface area contributed by atoms with Crippen molar-refractivity contribution in [2.24, 2.45) is 5.92 Å². The van der Waals surface area contributed by atoms with Crippen LogP contribution in [0.1, 0.15) is 18.4 Å². The van der Waals surface area contributed by atoms with E-state index in [2.05, 4.69) is 4.90 Å². The van der Waals surface area contributed by atoms with Crippen LogP contribution < -0.4 is 0 Å². The molecule has 2 aliphatic rings. The average Bonchev–Trinajstić information content (AvgIpc) is 2.58. The third kappa shape index (κ3) is 4.06. The van der Waals surface area contributed by atoms with Gasteiger partial charge in [-0.2, -0.15) is 0 Å². The van der Waals surface area contributed by atoms with Gasteiger partial charge < -0.3 is 9.64 Å². The lowest BCUT2D eigenvalue weighted by atomic mass is 9.96. The van der Waals surface area contributed by atoms with Crippen LogP contribution in [0.15, 0.2) is 18.2 Å². The van der Waals surface area contributed by atoms with Gasteiger partial charge in [-0.05, 0) is 25.5 Å². The first kappa shape index (κ1) is 16.3. The smallest absolute Gasteiger partial charge is 0.227 e. The molecule has 0 aromatic heterocycles. The van der Waals surface area contributed by atoms with Crippen molar-refractivity contribution < 1.29 is 18.3 Å². The first-order valence-corrected chi connectivity index (χ1v) is 8.16. The Morgan fingerprint density at radius 1 is 1.22 bits per heavy atom. The molecule has 1 amide bonds. The van der Waals surface area contributed by atoms with Crippen LogP contribution in [-0.4, -0.2) is 55.1 Å². The van der Waals surface area contributed by atoms with Crippen molar-refractivity contribution in [3.05, 3.63) is 35.4 Å². The number of carbonyl (C=O) groups is 1. The van der Waals surface area contributed by atoms with Crippen LogP contribution >= 0.6 is 0 Å². The fourth-order valence-corrected chi connectivity index (χ4v) is 3.33. The second-order valence-corrected chi connectivity index (χ2v) is 6.25. The molecular weight excluding hydrogens is 302 g/mol. The number of piperidine rings is 1. The van der Waals surface area contributed by atoms with Crippen molar-refractivity contribution in [3.63, 3.8) is 0 Å². The molecule has 2 aliphatic heterocycles. The number of ether oxygens (including phenoxy) is 1. The van der Waals surface area contributed by atoms with Gasteiger partial charge in [0.15, 0.2) is 0 Å². The fraction of sp³-hybridized carbons (Fsp3) is 0.588. The lowest BCUT2D eigenvalue weighted by Gasteiger charge is -2.36. The summed E-state index contributed by atoms with van der Waals surface area (Å²) in [7, 11) is 0. The molecule has 1 atom stereocenters. The number of hydrogen-bond acceptors (Lipinski definition) is 3. The second kappa shape index (κ2) is 7.36. The van der Waals surface area contributed by atoms with E-state index in [1.807, 2.05) is 4.90 Å². The van der Waals surface area contributed by atoms with Gasteiger partial charge in [0.1, 0.15) is 11.6 Å². The molecule has 23 heavy (non-hydrogen) atoms. The van der Waals surface area contributed by atoms with E-state index in [4.69, 9.17) is 4.74 Å². The topological polar surface area (TPSA) is 32.8 Å². The highest BCUT2D eigenvalue weighted by molar-refractivity contribution is 5.79. The van der Waals surface area contributed by atoms with E-state index in [0.29, 0.717) is 45.0 Å². The van der Waals surface area contributed by atoms with Crippen LogP contribution in [0.4, 0.5) is 8.78 Å². The van der Waals surface area contributed by atoms with Gasteiger partial charge in [-0.25, -0.2) is 8.78 Å². The van der Waals surface area contributed by atoms with E-state index in [-0.39, 0.29) is 11.8 Å². The Labute approximate surface area is 135 Å². The summed E-state index contributed by atoms with van der Waals surface area (Å²) in [4.78, 5) is 16.5. The highest BCUT2D eigenvalue weighted by Crippen LogP contribution is 2.22. The van der Waals surface area contributed by atoms with E-state index >= 15 is 0 Å². The molecule has 126 valence electrons. The molecule has 2 fully saturated rings. The molecule has 0 bridgehead atoms. The lowest BCUT2D eigenvalue weighted by molar-refractivity contribution is -0.141. The van der Waals surface area contributed by atoms with Gasteiger partial charge >= 0.3 is 0 Å². The van der Waals surface area contributed by atoms with Crippen molar-refractivity contribution in [1.82, 2.24) is 9.80 Å². The number of hydrogen-bond donors (Lipinski definition) is 0. The minimum Gasteiger partial charge on any atom is -0.378 e. The number of carbonyl (C=O) groups excluding carboxylic acids is 1. The van der Waals surface area contributed by atoms with Crippen LogP contribution in [0.2, 0.25) is 0 Å². The van der Waals surface area contributed by atoms with Crippen molar-refractivity contribution in [3.8, 4) is 0 Å². The quantitative estimate of drug-likeness (QED) is 0.853. The third-order valence-corrected chi connectivity index (χ3v) is 4.59. The maximum Gasteiger partial charge on any atom is 0.227 e.